The molecule has 7 heteroatoms. The van der Waals surface area contributed by atoms with E-state index >= 15 is 0 Å². The second kappa shape index (κ2) is 4.82. The summed E-state index contributed by atoms with van der Waals surface area (Å²) in [5, 5.41) is 22.4. The van der Waals surface area contributed by atoms with Gasteiger partial charge in [0.15, 0.2) is 0 Å². The van der Waals surface area contributed by atoms with Crippen LogP contribution >= 0.6 is 0 Å². The molecule has 1 fully saturated rings. The molecule has 90 valence electrons. The number of hydrogen-bond donors (Lipinski definition) is 5. The first kappa shape index (κ1) is 12.3. The van der Waals surface area contributed by atoms with Gasteiger partial charge >= 0.3 is 0 Å². The molecule has 0 aromatic rings. The van der Waals surface area contributed by atoms with E-state index in [9.17, 15) is 0 Å². The molecule has 0 aliphatic carbocycles. The molecule has 1 saturated heterocycles. The molecule has 16 heavy (non-hydrogen) atoms. The zero-order valence-corrected chi connectivity index (χ0v) is 9.45. The first-order chi connectivity index (χ1) is 7.43. The number of hydrogen-bond acceptors (Lipinski definition) is 3. The fourth-order valence-corrected chi connectivity index (χ4v) is 1.72. The van der Waals surface area contributed by atoms with Crippen molar-refractivity contribution in [2.75, 3.05) is 13.1 Å². The predicted octanol–water partition coefficient (Wildman–Crippen LogP) is -0.258. The molecule has 7 N–H and O–H groups in total. The second-order valence-corrected chi connectivity index (χ2v) is 4.10. The van der Waals surface area contributed by atoms with E-state index in [1.54, 1.807) is 4.90 Å². The molecule has 0 bridgehead atoms. The van der Waals surface area contributed by atoms with E-state index < -0.39 is 11.9 Å². The Kier molecular flexibility index (Phi) is 3.70. The number of nitrogens with two attached hydrogens (primary N) is 2. The molecule has 7 nitrogen and oxygen atoms in total. The maximum absolute atomic E-state index is 7.88. The topological polar surface area (TPSA) is 130 Å². The summed E-state index contributed by atoms with van der Waals surface area (Å²) in [6, 6.07) is 0. The molecular weight excluding hydrogens is 206 g/mol. The number of rotatable bonds is 0. The molecule has 0 radical (unpaired) electrons. The number of nitrogens with zero attached hydrogens (tertiary/aromatic N) is 2. The second-order valence-electron chi connectivity index (χ2n) is 4.10. The van der Waals surface area contributed by atoms with Crippen molar-refractivity contribution in [2.24, 2.45) is 17.4 Å². The Morgan fingerprint density at radius 1 is 1.12 bits per heavy atom. The molecule has 0 saturated carbocycles. The smallest absolute Gasteiger partial charge is 0.207 e. The van der Waals surface area contributed by atoms with Gasteiger partial charge in [0.1, 0.15) is 0 Å². The molecular formula is C9H19N7. The van der Waals surface area contributed by atoms with Crippen molar-refractivity contribution in [2.45, 2.75) is 19.8 Å². The Bertz CT molecular complexity index is 289. The summed E-state index contributed by atoms with van der Waals surface area (Å²) in [6.45, 7) is 3.67. The molecule has 1 rings (SSSR count). The van der Waals surface area contributed by atoms with Crippen molar-refractivity contribution < 1.29 is 0 Å². The maximum atomic E-state index is 7.88. The maximum Gasteiger partial charge on any atom is 0.207 e. The third-order valence-electron chi connectivity index (χ3n) is 2.78. The summed E-state index contributed by atoms with van der Waals surface area (Å²) in [5.74, 6) is -0.105. The lowest BCUT2D eigenvalue weighted by molar-refractivity contribution is 0.267. The molecule has 0 unspecified atom stereocenters. The van der Waals surface area contributed by atoms with Gasteiger partial charge in [0.25, 0.3) is 0 Å². The number of likely N-dealkylation sites (tertiary alicyclic amines) is 1. The van der Waals surface area contributed by atoms with E-state index in [-0.39, 0.29) is 5.96 Å². The van der Waals surface area contributed by atoms with E-state index in [4.69, 9.17) is 27.7 Å². The lowest BCUT2D eigenvalue weighted by Gasteiger charge is -2.35. The molecule has 0 aromatic heterocycles. The van der Waals surface area contributed by atoms with Gasteiger partial charge in [0.05, 0.1) is 0 Å². The van der Waals surface area contributed by atoms with Gasteiger partial charge in [-0.05, 0) is 18.8 Å². The number of guanidine groups is 3. The normalized spacial score (nSPS) is 16.9. The van der Waals surface area contributed by atoms with Gasteiger partial charge < -0.3 is 16.4 Å². The fourth-order valence-electron chi connectivity index (χ4n) is 1.72. The van der Waals surface area contributed by atoms with E-state index in [0.29, 0.717) is 5.92 Å². The average molecular weight is 225 g/mol. The fraction of sp³-hybridized carbons (Fsp3) is 0.667. The van der Waals surface area contributed by atoms with Crippen molar-refractivity contribution in [1.29, 1.82) is 16.2 Å². The van der Waals surface area contributed by atoms with Crippen LogP contribution in [0.25, 0.3) is 0 Å². The van der Waals surface area contributed by atoms with Crippen molar-refractivity contribution in [3.8, 4) is 0 Å². The molecule has 0 aromatic carbocycles. The minimum absolute atomic E-state index is 0.0203. The Hall–Kier alpha value is -1.79. The molecule has 1 aliphatic rings. The van der Waals surface area contributed by atoms with Crippen molar-refractivity contribution in [3.63, 3.8) is 0 Å². The molecule has 1 heterocycles. The zero-order valence-electron chi connectivity index (χ0n) is 9.45. The van der Waals surface area contributed by atoms with Crippen LogP contribution < -0.4 is 11.5 Å². The van der Waals surface area contributed by atoms with Crippen LogP contribution in [0.1, 0.15) is 19.8 Å². The molecule has 0 spiro atoms. The minimum Gasteiger partial charge on any atom is -0.369 e. The molecule has 1 aliphatic heterocycles. The Morgan fingerprint density at radius 2 is 1.56 bits per heavy atom. The highest BCUT2D eigenvalue weighted by Gasteiger charge is 2.24. The summed E-state index contributed by atoms with van der Waals surface area (Å²) >= 11 is 0. The van der Waals surface area contributed by atoms with Crippen LogP contribution in [0.5, 0.6) is 0 Å². The van der Waals surface area contributed by atoms with Gasteiger partial charge in [-0.3, -0.25) is 16.2 Å². The van der Waals surface area contributed by atoms with Gasteiger partial charge in [0, 0.05) is 13.1 Å². The van der Waals surface area contributed by atoms with Crippen LogP contribution in [0, 0.1) is 22.1 Å². The summed E-state index contributed by atoms with van der Waals surface area (Å²) in [7, 11) is 0. The Balaban J connectivity index is 2.68. The summed E-state index contributed by atoms with van der Waals surface area (Å²) in [6.07, 6.45) is 2.01. The van der Waals surface area contributed by atoms with Crippen LogP contribution in [0.2, 0.25) is 0 Å². The van der Waals surface area contributed by atoms with Crippen molar-refractivity contribution in [3.05, 3.63) is 0 Å². The highest BCUT2D eigenvalue weighted by molar-refractivity contribution is 6.10. The van der Waals surface area contributed by atoms with Gasteiger partial charge in [0.2, 0.25) is 17.9 Å². The SMILES string of the molecule is CC1CCN(C(=N)N(C(=N)N)C(=N)N)CC1. The van der Waals surface area contributed by atoms with Gasteiger partial charge in [-0.2, -0.15) is 0 Å². The van der Waals surface area contributed by atoms with E-state index in [1.165, 1.54) is 0 Å². The zero-order chi connectivity index (χ0) is 12.3. The van der Waals surface area contributed by atoms with Crippen LogP contribution in [-0.4, -0.2) is 40.8 Å². The lowest BCUT2D eigenvalue weighted by atomic mass is 9.99. The van der Waals surface area contributed by atoms with E-state index in [0.717, 1.165) is 30.8 Å². The standard InChI is InChI=1S/C9H19N7/c1-6-2-4-15(5-3-6)9(14)16(7(10)11)8(12)13/h6,14H,2-5H2,1H3,(H3,10,11)(H3,12,13). The summed E-state index contributed by atoms with van der Waals surface area (Å²) in [5.41, 5.74) is 10.6. The van der Waals surface area contributed by atoms with Gasteiger partial charge in [-0.15, -0.1) is 0 Å². The number of nitrogens with one attached hydrogen (secondary N) is 3. The minimum atomic E-state index is -0.392. The molecule has 0 atom stereocenters. The first-order valence-electron chi connectivity index (χ1n) is 5.25. The Morgan fingerprint density at radius 3 is 1.94 bits per heavy atom. The lowest BCUT2D eigenvalue weighted by Crippen LogP contribution is -2.55. The largest absolute Gasteiger partial charge is 0.369 e. The van der Waals surface area contributed by atoms with Crippen molar-refractivity contribution >= 4 is 17.9 Å². The van der Waals surface area contributed by atoms with Gasteiger partial charge in [-0.25, -0.2) is 4.90 Å². The predicted molar refractivity (Wildman–Crippen MR) is 63.4 cm³/mol. The first-order valence-corrected chi connectivity index (χ1v) is 5.25. The quantitative estimate of drug-likeness (QED) is 0.287. The Labute approximate surface area is 94.9 Å². The monoisotopic (exact) mass is 225 g/mol. The number of piperidine rings is 1. The van der Waals surface area contributed by atoms with Crippen LogP contribution in [0.3, 0.4) is 0 Å². The van der Waals surface area contributed by atoms with E-state index in [2.05, 4.69) is 6.92 Å². The third kappa shape index (κ3) is 2.62. The van der Waals surface area contributed by atoms with Crippen LogP contribution in [0.4, 0.5) is 0 Å². The van der Waals surface area contributed by atoms with Crippen LogP contribution in [-0.2, 0) is 0 Å². The highest BCUT2D eigenvalue weighted by atomic mass is 15.4. The van der Waals surface area contributed by atoms with Crippen molar-refractivity contribution in [1.82, 2.24) is 9.80 Å². The summed E-state index contributed by atoms with van der Waals surface area (Å²) < 4.78 is 0. The van der Waals surface area contributed by atoms with Gasteiger partial charge in [-0.1, -0.05) is 6.92 Å². The third-order valence-corrected chi connectivity index (χ3v) is 2.78. The highest BCUT2D eigenvalue weighted by Crippen LogP contribution is 2.16. The average Bonchev–Trinajstić information content (AvgIpc) is 2.17. The summed E-state index contributed by atoms with van der Waals surface area (Å²) in [4.78, 5) is 2.72. The van der Waals surface area contributed by atoms with E-state index in [1.807, 2.05) is 0 Å². The van der Waals surface area contributed by atoms with Crippen LogP contribution in [0.15, 0.2) is 0 Å². The molecule has 0 amide bonds.